The Balaban J connectivity index is 0.000000209. The first-order valence-corrected chi connectivity index (χ1v) is 22.2. The van der Waals surface area contributed by atoms with Gasteiger partial charge in [-0.2, -0.15) is 0 Å². The summed E-state index contributed by atoms with van der Waals surface area (Å²) in [5.41, 5.74) is 16.1. The van der Waals surface area contributed by atoms with Gasteiger partial charge in [-0.3, -0.25) is 4.99 Å². The summed E-state index contributed by atoms with van der Waals surface area (Å²) in [5.74, 6) is 2.09. The van der Waals surface area contributed by atoms with Crippen molar-refractivity contribution in [2.75, 3.05) is 4.90 Å². The Morgan fingerprint density at radius 2 is 1.29 bits per heavy atom. The lowest BCUT2D eigenvalue weighted by atomic mass is 9.61. The van der Waals surface area contributed by atoms with Crippen molar-refractivity contribution in [3.05, 3.63) is 263 Å². The molecule has 0 saturated heterocycles. The third-order valence-electron chi connectivity index (χ3n) is 13.6. The van der Waals surface area contributed by atoms with Crippen LogP contribution < -0.4 is 9.64 Å². The normalized spacial score (nSPS) is 18.2. The zero-order valence-electron chi connectivity index (χ0n) is 35.9. The fraction of sp³-hybridized carbons (Fsp3) is 0.0667. The lowest BCUT2D eigenvalue weighted by Crippen LogP contribution is -2.38. The van der Waals surface area contributed by atoms with Crippen molar-refractivity contribution in [1.82, 2.24) is 4.57 Å². The van der Waals surface area contributed by atoms with Crippen LogP contribution in [0.3, 0.4) is 0 Å². The first-order valence-electron chi connectivity index (χ1n) is 22.2. The molecule has 3 aliphatic heterocycles. The van der Waals surface area contributed by atoms with E-state index >= 15 is 0 Å². The predicted molar refractivity (Wildman–Crippen MR) is 268 cm³/mol. The highest BCUT2D eigenvalue weighted by atomic mass is 16.5. The number of hydrogen-bond acceptors (Lipinski definition) is 4. The average molecular weight is 837 g/mol. The van der Waals surface area contributed by atoms with Crippen molar-refractivity contribution < 1.29 is 4.74 Å². The number of fused-ring (bicyclic) bond motifs is 14. The van der Waals surface area contributed by atoms with Gasteiger partial charge < -0.3 is 19.6 Å². The number of rotatable bonds is 5. The monoisotopic (exact) mass is 836 g/mol. The van der Waals surface area contributed by atoms with Crippen molar-refractivity contribution in [3.8, 4) is 17.2 Å². The molecule has 4 aliphatic rings. The highest BCUT2D eigenvalue weighted by Gasteiger charge is 2.52. The molecule has 0 amide bonds. The number of ether oxygens (including phenoxy) is 1. The molecule has 8 aromatic carbocycles. The summed E-state index contributed by atoms with van der Waals surface area (Å²) in [6, 6.07) is 66.7. The quantitative estimate of drug-likeness (QED) is 0.176. The second kappa shape index (κ2) is 15.2. The highest BCUT2D eigenvalue weighted by Crippen LogP contribution is 2.62. The van der Waals surface area contributed by atoms with Crippen molar-refractivity contribution in [2.24, 2.45) is 4.99 Å². The summed E-state index contributed by atoms with van der Waals surface area (Å²) >= 11 is 0. The van der Waals surface area contributed by atoms with Gasteiger partial charge in [0.15, 0.2) is 0 Å². The number of hydrogen-bond donors (Lipinski definition) is 1. The molecule has 5 heteroatoms. The molecular weight excluding hydrogens is 793 g/mol. The first kappa shape index (κ1) is 38.4. The largest absolute Gasteiger partial charge is 0.457 e. The molecule has 5 nitrogen and oxygen atoms in total. The minimum atomic E-state index is -0.586. The lowest BCUT2D eigenvalue weighted by Gasteiger charge is -2.45. The molecule has 310 valence electrons. The Morgan fingerprint density at radius 1 is 0.615 bits per heavy atom. The van der Waals surface area contributed by atoms with Crippen molar-refractivity contribution >= 4 is 51.3 Å². The van der Waals surface area contributed by atoms with E-state index in [-0.39, 0.29) is 12.0 Å². The van der Waals surface area contributed by atoms with E-state index in [2.05, 4.69) is 180 Å². The van der Waals surface area contributed by atoms with Gasteiger partial charge in [-0.25, -0.2) is 0 Å². The Labute approximate surface area is 378 Å². The summed E-state index contributed by atoms with van der Waals surface area (Å²) in [6.07, 6.45) is 10.8. The Morgan fingerprint density at radius 3 is 2.11 bits per heavy atom. The number of aliphatic imine (C=N–C) groups is 1. The molecule has 1 aliphatic carbocycles. The molecule has 3 unspecified atom stereocenters. The number of aromatic nitrogens is 1. The smallest absolute Gasteiger partial charge is 0.132 e. The molecule has 9 aromatic rings. The van der Waals surface area contributed by atoms with E-state index in [9.17, 15) is 0 Å². The predicted octanol–water partition coefficient (Wildman–Crippen LogP) is 14.4. The summed E-state index contributed by atoms with van der Waals surface area (Å²) in [7, 11) is 0. The van der Waals surface area contributed by atoms with Crippen LogP contribution in [0.25, 0.3) is 33.2 Å². The van der Waals surface area contributed by atoms with Crippen LogP contribution in [-0.4, -0.2) is 23.0 Å². The van der Waals surface area contributed by atoms with Crippen LogP contribution in [0, 0.1) is 12.3 Å². The maximum Gasteiger partial charge on any atom is 0.132 e. The number of allylic oxidation sites excluding steroid dienone is 3. The van der Waals surface area contributed by atoms with Gasteiger partial charge in [-0.1, -0.05) is 170 Å². The summed E-state index contributed by atoms with van der Waals surface area (Å²) in [5, 5.41) is 10.6. The van der Waals surface area contributed by atoms with Gasteiger partial charge in [0.05, 0.1) is 39.6 Å². The lowest BCUT2D eigenvalue weighted by molar-refractivity contribution is 0.433. The zero-order chi connectivity index (χ0) is 43.6. The zero-order valence-corrected chi connectivity index (χ0v) is 35.9. The SMILES string of the molecule is C=N/C(=C\C(=N)c1ccccc1)c1ccccc1.Cc1cccc(N2c3cc4c(cc3C3C=CC=CC32)Oc2ccccc2C42c3ccccc3-n3c4ccccc4c4cccc2c43)c1. The third kappa shape index (κ3) is 5.86. The second-order valence-electron chi connectivity index (χ2n) is 17.2. The number of nitrogens with zero attached hydrogens (tertiary/aromatic N) is 3. The van der Waals surface area contributed by atoms with Crippen LogP contribution in [0.4, 0.5) is 11.4 Å². The molecule has 0 saturated carbocycles. The van der Waals surface area contributed by atoms with E-state index in [1.807, 2.05) is 60.7 Å². The Bertz CT molecular complexity index is 3490. The van der Waals surface area contributed by atoms with E-state index in [4.69, 9.17) is 10.1 Å². The topological polar surface area (TPSA) is 53.6 Å². The molecule has 0 radical (unpaired) electrons. The van der Waals surface area contributed by atoms with Gasteiger partial charge in [0, 0.05) is 44.8 Å². The standard InChI is InChI=1S/C44H30N2O.C16H14N2/c1-27-12-10-13-28(24-27)45-37-20-6-3-15-30(37)32-25-42-36(26-40(32)45)44(34-18-5-9-23-41(34)47-42)33-17-4-8-22-39(33)46-38-21-7-2-14-29(38)31-16-11-19-35(44)43(31)46;1-18-16(14-10-6-3-7-11-14)12-15(17)13-8-4-2-5-9-13/h2-26,30,37H,1H3;2-12,17H,1H2/b;16-12-,17-15?. The van der Waals surface area contributed by atoms with Gasteiger partial charge in [-0.15, -0.1) is 0 Å². The molecule has 65 heavy (non-hydrogen) atoms. The molecule has 1 spiro atoms. The molecule has 1 N–H and O–H groups in total. The van der Waals surface area contributed by atoms with E-state index < -0.39 is 5.41 Å². The maximum absolute atomic E-state index is 8.05. The van der Waals surface area contributed by atoms with Crippen LogP contribution in [0.5, 0.6) is 11.5 Å². The molecule has 0 bridgehead atoms. The molecule has 4 heterocycles. The van der Waals surface area contributed by atoms with E-state index in [0.717, 1.165) is 22.6 Å². The van der Waals surface area contributed by atoms with Crippen LogP contribution in [0.2, 0.25) is 0 Å². The van der Waals surface area contributed by atoms with Gasteiger partial charge in [-0.05, 0) is 90.0 Å². The van der Waals surface area contributed by atoms with Crippen molar-refractivity contribution in [1.29, 1.82) is 5.41 Å². The number of nitrogens with one attached hydrogen (secondary N) is 1. The third-order valence-corrected chi connectivity index (χ3v) is 13.6. The maximum atomic E-state index is 8.05. The van der Waals surface area contributed by atoms with E-state index in [1.165, 1.54) is 72.2 Å². The Hall–Kier alpha value is -8.28. The van der Waals surface area contributed by atoms with Crippen molar-refractivity contribution in [3.63, 3.8) is 0 Å². The number of para-hydroxylation sites is 4. The van der Waals surface area contributed by atoms with E-state index in [0.29, 0.717) is 11.4 Å². The summed E-state index contributed by atoms with van der Waals surface area (Å²) < 4.78 is 9.46. The van der Waals surface area contributed by atoms with Gasteiger partial charge in [0.25, 0.3) is 0 Å². The van der Waals surface area contributed by atoms with Crippen LogP contribution in [0.15, 0.2) is 223 Å². The molecule has 13 rings (SSSR count). The second-order valence-corrected chi connectivity index (χ2v) is 17.2. The highest BCUT2D eigenvalue weighted by molar-refractivity contribution is 6.12. The molecule has 1 aromatic heterocycles. The summed E-state index contributed by atoms with van der Waals surface area (Å²) in [4.78, 5) is 6.54. The minimum absolute atomic E-state index is 0.198. The van der Waals surface area contributed by atoms with Crippen LogP contribution in [0.1, 0.15) is 50.4 Å². The fourth-order valence-electron chi connectivity index (χ4n) is 10.9. The average Bonchev–Trinajstić information content (AvgIpc) is 3.87. The number of benzene rings is 8. The summed E-state index contributed by atoms with van der Waals surface area (Å²) in [6.45, 7) is 5.75. The fourth-order valence-corrected chi connectivity index (χ4v) is 10.9. The van der Waals surface area contributed by atoms with Gasteiger partial charge >= 0.3 is 0 Å². The minimum Gasteiger partial charge on any atom is -0.457 e. The van der Waals surface area contributed by atoms with Crippen LogP contribution in [-0.2, 0) is 5.41 Å². The molecular formula is C60H44N4O. The molecule has 3 atom stereocenters. The molecule has 0 fully saturated rings. The van der Waals surface area contributed by atoms with Crippen molar-refractivity contribution in [2.45, 2.75) is 24.3 Å². The number of anilines is 2. The van der Waals surface area contributed by atoms with E-state index in [1.54, 1.807) is 6.08 Å². The van der Waals surface area contributed by atoms with Gasteiger partial charge in [0.2, 0.25) is 0 Å². The first-order chi connectivity index (χ1) is 32.0. The van der Waals surface area contributed by atoms with Gasteiger partial charge in [0.1, 0.15) is 11.5 Å². The number of aryl methyl sites for hydroxylation is 1. The van der Waals surface area contributed by atoms with Crippen LogP contribution >= 0.6 is 0 Å². The Kier molecular flexibility index (Phi) is 8.99.